The highest BCUT2D eigenvalue weighted by Crippen LogP contribution is 2.33. The van der Waals surface area contributed by atoms with Gasteiger partial charge in [0.05, 0.1) is 18.3 Å². The minimum absolute atomic E-state index is 0.117. The lowest BCUT2D eigenvalue weighted by atomic mass is 10.2. The van der Waals surface area contributed by atoms with Crippen molar-refractivity contribution in [2.24, 2.45) is 0 Å². The summed E-state index contributed by atoms with van der Waals surface area (Å²) < 4.78 is 43.6. The molecule has 120 valence electrons. The molecule has 1 aromatic carbocycles. The fraction of sp³-hybridized carbons (Fsp3) is 0.571. The molecule has 1 atom stereocenters. The van der Waals surface area contributed by atoms with Crippen LogP contribution in [0.5, 0.6) is 0 Å². The summed E-state index contributed by atoms with van der Waals surface area (Å²) in [5.41, 5.74) is -0.445. The lowest BCUT2D eigenvalue weighted by Crippen LogP contribution is -2.25. The predicted molar refractivity (Wildman–Crippen MR) is 79.4 cm³/mol. The normalized spacial score (nSPS) is 13.2. The molecule has 1 aromatic rings. The second-order valence-corrected chi connectivity index (χ2v) is 5.51. The van der Waals surface area contributed by atoms with Crippen molar-refractivity contribution < 1.29 is 23.0 Å². The van der Waals surface area contributed by atoms with Crippen molar-refractivity contribution in [3.8, 4) is 0 Å². The van der Waals surface area contributed by atoms with E-state index in [0.717, 1.165) is 25.0 Å². The lowest BCUT2D eigenvalue weighted by molar-refractivity contribution is -0.137. The van der Waals surface area contributed by atoms with Gasteiger partial charge in [-0.3, -0.25) is 0 Å². The zero-order valence-electron chi connectivity index (χ0n) is 11.7. The molecule has 21 heavy (non-hydrogen) atoms. The van der Waals surface area contributed by atoms with E-state index in [1.807, 2.05) is 6.92 Å². The zero-order chi connectivity index (χ0) is 15.9. The molecule has 0 aliphatic rings. The summed E-state index contributed by atoms with van der Waals surface area (Å²) in [6, 6.07) is 3.34. The first kappa shape index (κ1) is 18.3. The van der Waals surface area contributed by atoms with Crippen LogP contribution in [0.4, 0.5) is 18.9 Å². The summed E-state index contributed by atoms with van der Waals surface area (Å²) in [5.74, 6) is 0. The number of aliphatic hydroxyl groups is 1. The SMILES string of the molecule is CCCCOCC(O)CNc1cc(C(F)(F)F)ccc1Br. The van der Waals surface area contributed by atoms with Crippen LogP contribution in [-0.4, -0.2) is 31.0 Å². The molecule has 7 heteroatoms. The minimum Gasteiger partial charge on any atom is -0.389 e. The van der Waals surface area contributed by atoms with Gasteiger partial charge < -0.3 is 15.2 Å². The summed E-state index contributed by atoms with van der Waals surface area (Å²) in [4.78, 5) is 0. The van der Waals surface area contributed by atoms with Crippen molar-refractivity contribution >= 4 is 21.6 Å². The smallest absolute Gasteiger partial charge is 0.389 e. The summed E-state index contributed by atoms with van der Waals surface area (Å²) >= 11 is 3.18. The molecule has 0 aliphatic carbocycles. The maximum Gasteiger partial charge on any atom is 0.416 e. The van der Waals surface area contributed by atoms with E-state index in [-0.39, 0.29) is 18.8 Å². The molecule has 0 aromatic heterocycles. The van der Waals surface area contributed by atoms with E-state index in [2.05, 4.69) is 21.2 Å². The maximum absolute atomic E-state index is 12.6. The molecule has 0 radical (unpaired) electrons. The average Bonchev–Trinajstić information content (AvgIpc) is 2.41. The van der Waals surface area contributed by atoms with E-state index >= 15 is 0 Å². The molecule has 2 N–H and O–H groups in total. The zero-order valence-corrected chi connectivity index (χ0v) is 13.3. The van der Waals surface area contributed by atoms with Crippen LogP contribution in [0.25, 0.3) is 0 Å². The van der Waals surface area contributed by atoms with Gasteiger partial charge in [-0.2, -0.15) is 13.2 Å². The van der Waals surface area contributed by atoms with Crippen LogP contribution >= 0.6 is 15.9 Å². The summed E-state index contributed by atoms with van der Waals surface area (Å²) in [5, 5.41) is 12.5. The van der Waals surface area contributed by atoms with Crippen LogP contribution in [0.2, 0.25) is 0 Å². The number of unbranched alkanes of at least 4 members (excludes halogenated alkanes) is 1. The van der Waals surface area contributed by atoms with Gasteiger partial charge in [0, 0.05) is 23.3 Å². The van der Waals surface area contributed by atoms with Gasteiger partial charge in [-0.05, 0) is 40.5 Å². The molecule has 0 heterocycles. The average molecular weight is 370 g/mol. The molecular weight excluding hydrogens is 351 g/mol. The third kappa shape index (κ3) is 6.67. The number of ether oxygens (including phenoxy) is 1. The number of hydrogen-bond donors (Lipinski definition) is 2. The van der Waals surface area contributed by atoms with Gasteiger partial charge in [-0.25, -0.2) is 0 Å². The van der Waals surface area contributed by atoms with E-state index < -0.39 is 17.8 Å². The molecule has 1 unspecified atom stereocenters. The van der Waals surface area contributed by atoms with Crippen LogP contribution in [0, 0.1) is 0 Å². The van der Waals surface area contributed by atoms with E-state index in [1.54, 1.807) is 0 Å². The number of rotatable bonds is 8. The van der Waals surface area contributed by atoms with Crippen molar-refractivity contribution in [3.63, 3.8) is 0 Å². The fourth-order valence-corrected chi connectivity index (χ4v) is 1.98. The molecule has 0 bridgehead atoms. The van der Waals surface area contributed by atoms with Gasteiger partial charge in [-0.15, -0.1) is 0 Å². The van der Waals surface area contributed by atoms with E-state index in [9.17, 15) is 18.3 Å². The predicted octanol–water partition coefficient (Wildman–Crippen LogP) is 4.06. The van der Waals surface area contributed by atoms with Gasteiger partial charge >= 0.3 is 6.18 Å². The molecule has 0 aliphatic heterocycles. The highest BCUT2D eigenvalue weighted by Gasteiger charge is 2.30. The Hall–Kier alpha value is -0.790. The topological polar surface area (TPSA) is 41.5 Å². The fourth-order valence-electron chi connectivity index (χ4n) is 1.59. The van der Waals surface area contributed by atoms with E-state index in [1.165, 1.54) is 6.07 Å². The first-order valence-corrected chi connectivity index (χ1v) is 7.50. The van der Waals surface area contributed by atoms with Crippen LogP contribution in [-0.2, 0) is 10.9 Å². The van der Waals surface area contributed by atoms with Crippen molar-refractivity contribution in [2.75, 3.05) is 25.1 Å². The number of aliphatic hydroxyl groups excluding tert-OH is 1. The van der Waals surface area contributed by atoms with Gasteiger partial charge in [-0.1, -0.05) is 13.3 Å². The third-order valence-electron chi connectivity index (χ3n) is 2.77. The number of halogens is 4. The monoisotopic (exact) mass is 369 g/mol. The highest BCUT2D eigenvalue weighted by molar-refractivity contribution is 9.10. The van der Waals surface area contributed by atoms with Gasteiger partial charge in [0.1, 0.15) is 0 Å². The maximum atomic E-state index is 12.6. The standard InChI is InChI=1S/C14H19BrF3NO2/c1-2-3-6-21-9-11(20)8-19-13-7-10(14(16,17)18)4-5-12(13)15/h4-5,7,11,19-20H,2-3,6,8-9H2,1H3. The van der Waals surface area contributed by atoms with E-state index in [0.29, 0.717) is 11.1 Å². The van der Waals surface area contributed by atoms with Crippen LogP contribution in [0.15, 0.2) is 22.7 Å². The Kier molecular flexibility index (Phi) is 7.48. The summed E-state index contributed by atoms with van der Waals surface area (Å²) in [6.45, 7) is 2.88. The summed E-state index contributed by atoms with van der Waals surface area (Å²) in [7, 11) is 0. The lowest BCUT2D eigenvalue weighted by Gasteiger charge is -2.15. The Balaban J connectivity index is 2.51. The Bertz CT molecular complexity index is 441. The van der Waals surface area contributed by atoms with Crippen LogP contribution in [0.1, 0.15) is 25.3 Å². The number of nitrogens with one attached hydrogen (secondary N) is 1. The number of anilines is 1. The number of benzene rings is 1. The third-order valence-corrected chi connectivity index (χ3v) is 3.47. The molecule has 1 rings (SSSR count). The highest BCUT2D eigenvalue weighted by atomic mass is 79.9. The molecule has 0 saturated heterocycles. The Labute approximate surface area is 130 Å². The Morgan fingerprint density at radius 2 is 2.10 bits per heavy atom. The molecule has 0 amide bonds. The van der Waals surface area contributed by atoms with E-state index in [4.69, 9.17) is 4.74 Å². The Morgan fingerprint density at radius 3 is 2.71 bits per heavy atom. The molecule has 0 saturated carbocycles. The quantitative estimate of drug-likeness (QED) is 0.679. The minimum atomic E-state index is -4.39. The van der Waals surface area contributed by atoms with Crippen molar-refractivity contribution in [1.82, 2.24) is 0 Å². The van der Waals surface area contributed by atoms with Crippen LogP contribution in [0.3, 0.4) is 0 Å². The van der Waals surface area contributed by atoms with Crippen molar-refractivity contribution in [1.29, 1.82) is 0 Å². The number of hydrogen-bond acceptors (Lipinski definition) is 3. The van der Waals surface area contributed by atoms with Crippen LogP contribution < -0.4 is 5.32 Å². The second-order valence-electron chi connectivity index (χ2n) is 4.66. The van der Waals surface area contributed by atoms with Gasteiger partial charge in [0.15, 0.2) is 0 Å². The first-order chi connectivity index (χ1) is 9.84. The first-order valence-electron chi connectivity index (χ1n) is 6.71. The van der Waals surface area contributed by atoms with Gasteiger partial charge in [0.25, 0.3) is 0 Å². The largest absolute Gasteiger partial charge is 0.416 e. The van der Waals surface area contributed by atoms with Gasteiger partial charge in [0.2, 0.25) is 0 Å². The molecular formula is C14H19BrF3NO2. The van der Waals surface area contributed by atoms with Crippen molar-refractivity contribution in [3.05, 3.63) is 28.2 Å². The molecule has 3 nitrogen and oxygen atoms in total. The molecule has 0 fully saturated rings. The van der Waals surface area contributed by atoms with Crippen molar-refractivity contribution in [2.45, 2.75) is 32.0 Å². The number of alkyl halides is 3. The summed E-state index contributed by atoms with van der Waals surface area (Å²) in [6.07, 6.45) is -3.24. The second kappa shape index (κ2) is 8.60. The molecule has 0 spiro atoms. The Morgan fingerprint density at radius 1 is 1.38 bits per heavy atom.